The SMILES string of the molecule is CCOC(=O)Cc1csc(NC(=O)CCSc2nc3c(cc2C#N)CC(C)CC3)n1. The minimum atomic E-state index is -0.336. The lowest BCUT2D eigenvalue weighted by molar-refractivity contribution is -0.142. The summed E-state index contributed by atoms with van der Waals surface area (Å²) in [6, 6.07) is 4.20. The van der Waals surface area contributed by atoms with Crippen LogP contribution in [0.3, 0.4) is 0 Å². The van der Waals surface area contributed by atoms with Crippen LogP contribution < -0.4 is 5.32 Å². The van der Waals surface area contributed by atoms with Crippen molar-refractivity contribution in [2.45, 2.75) is 51.0 Å². The highest BCUT2D eigenvalue weighted by Crippen LogP contribution is 2.29. The van der Waals surface area contributed by atoms with Gasteiger partial charge >= 0.3 is 5.97 Å². The number of esters is 1. The van der Waals surface area contributed by atoms with Gasteiger partial charge in [-0.05, 0) is 43.7 Å². The number of rotatable bonds is 8. The monoisotopic (exact) mass is 444 g/mol. The highest BCUT2D eigenvalue weighted by atomic mass is 32.2. The van der Waals surface area contributed by atoms with Crippen LogP contribution in [0.5, 0.6) is 0 Å². The standard InChI is InChI=1S/C21H24N4O3S2/c1-3-28-19(27)10-16-12-30-21(23-16)25-18(26)6-7-29-20-15(11-22)9-14-8-13(2)4-5-17(14)24-20/h9,12-13H,3-8,10H2,1-2H3,(H,23,25,26). The van der Waals surface area contributed by atoms with Crippen molar-refractivity contribution < 1.29 is 14.3 Å². The number of anilines is 1. The van der Waals surface area contributed by atoms with Gasteiger partial charge < -0.3 is 10.1 Å². The number of hydrogen-bond donors (Lipinski definition) is 1. The Morgan fingerprint density at radius 1 is 1.43 bits per heavy atom. The van der Waals surface area contributed by atoms with Crippen LogP contribution in [0.1, 0.15) is 49.2 Å². The summed E-state index contributed by atoms with van der Waals surface area (Å²) < 4.78 is 4.90. The van der Waals surface area contributed by atoms with E-state index in [4.69, 9.17) is 9.72 Å². The van der Waals surface area contributed by atoms with Gasteiger partial charge in [-0.2, -0.15) is 5.26 Å². The molecule has 0 radical (unpaired) electrons. The summed E-state index contributed by atoms with van der Waals surface area (Å²) in [6.07, 6.45) is 3.39. The lowest BCUT2D eigenvalue weighted by Gasteiger charge is -2.21. The van der Waals surface area contributed by atoms with Crippen LogP contribution in [0.2, 0.25) is 0 Å². The molecule has 0 saturated carbocycles. The average Bonchev–Trinajstić information content (AvgIpc) is 3.14. The smallest absolute Gasteiger partial charge is 0.311 e. The number of hydrogen-bond acceptors (Lipinski definition) is 8. The fraction of sp³-hybridized carbons (Fsp3) is 0.476. The minimum Gasteiger partial charge on any atom is -0.466 e. The summed E-state index contributed by atoms with van der Waals surface area (Å²) in [7, 11) is 0. The van der Waals surface area contributed by atoms with E-state index in [1.807, 2.05) is 6.07 Å². The second kappa shape index (κ2) is 10.5. The number of aromatic nitrogens is 2. The summed E-state index contributed by atoms with van der Waals surface area (Å²) in [6.45, 7) is 4.30. The second-order valence-corrected chi connectivity index (χ2v) is 9.12. The van der Waals surface area contributed by atoms with E-state index >= 15 is 0 Å². The molecule has 1 unspecified atom stereocenters. The van der Waals surface area contributed by atoms with Gasteiger partial charge in [-0.3, -0.25) is 9.59 Å². The van der Waals surface area contributed by atoms with Gasteiger partial charge in [0.05, 0.1) is 24.3 Å². The molecule has 2 heterocycles. The Bertz CT molecular complexity index is 968. The molecule has 0 aromatic carbocycles. The zero-order valence-electron chi connectivity index (χ0n) is 17.1. The molecule has 158 valence electrons. The molecule has 1 N–H and O–H groups in total. The minimum absolute atomic E-state index is 0.0930. The number of nitrogens with one attached hydrogen (secondary N) is 1. The number of thioether (sulfide) groups is 1. The molecular formula is C21H24N4O3S2. The normalized spacial score (nSPS) is 15.2. The van der Waals surface area contributed by atoms with E-state index in [9.17, 15) is 14.9 Å². The molecule has 0 saturated heterocycles. The third-order valence-electron chi connectivity index (χ3n) is 4.72. The van der Waals surface area contributed by atoms with Crippen LogP contribution in [0, 0.1) is 17.2 Å². The van der Waals surface area contributed by atoms with E-state index < -0.39 is 0 Å². The van der Waals surface area contributed by atoms with Gasteiger partial charge in [-0.15, -0.1) is 23.1 Å². The number of ether oxygens (including phenoxy) is 1. The van der Waals surface area contributed by atoms with Crippen LogP contribution in [0.4, 0.5) is 5.13 Å². The lowest BCUT2D eigenvalue weighted by Crippen LogP contribution is -2.14. The molecule has 0 spiro atoms. The Morgan fingerprint density at radius 3 is 3.03 bits per heavy atom. The number of thiazole rings is 1. The predicted molar refractivity (Wildman–Crippen MR) is 117 cm³/mol. The van der Waals surface area contributed by atoms with E-state index in [2.05, 4.69) is 23.3 Å². The summed E-state index contributed by atoms with van der Waals surface area (Å²) in [4.78, 5) is 32.7. The van der Waals surface area contributed by atoms with E-state index in [-0.39, 0.29) is 24.7 Å². The molecule has 3 rings (SSSR count). The molecular weight excluding hydrogens is 420 g/mol. The average molecular weight is 445 g/mol. The van der Waals surface area contributed by atoms with E-state index in [0.29, 0.717) is 39.7 Å². The zero-order valence-corrected chi connectivity index (χ0v) is 18.7. The largest absolute Gasteiger partial charge is 0.466 e. The molecule has 2 aromatic rings. The van der Waals surface area contributed by atoms with Crippen LogP contribution in [-0.2, 0) is 33.6 Å². The predicted octanol–water partition coefficient (Wildman–Crippen LogP) is 3.76. The first kappa shape index (κ1) is 22.2. The number of fused-ring (bicyclic) bond motifs is 1. The Kier molecular flexibility index (Phi) is 7.82. The number of pyridine rings is 1. The summed E-state index contributed by atoms with van der Waals surface area (Å²) in [5.41, 5.74) is 3.41. The molecule has 1 amide bonds. The molecule has 0 fully saturated rings. The third kappa shape index (κ3) is 6.03. The van der Waals surface area contributed by atoms with Gasteiger partial charge in [-0.1, -0.05) is 6.92 Å². The molecule has 1 aliphatic carbocycles. The third-order valence-corrected chi connectivity index (χ3v) is 6.52. The number of nitrogens with zero attached hydrogens (tertiary/aromatic N) is 3. The Labute approximate surface area is 184 Å². The zero-order chi connectivity index (χ0) is 21.5. The molecule has 7 nitrogen and oxygen atoms in total. The molecule has 1 aliphatic rings. The number of nitriles is 1. The first-order valence-corrected chi connectivity index (χ1v) is 11.8. The van der Waals surface area contributed by atoms with Gasteiger partial charge in [0.15, 0.2) is 5.13 Å². The van der Waals surface area contributed by atoms with Crippen molar-refractivity contribution in [3.05, 3.63) is 34.0 Å². The lowest BCUT2D eigenvalue weighted by atomic mass is 9.87. The van der Waals surface area contributed by atoms with Crippen LogP contribution in [0.25, 0.3) is 0 Å². The molecule has 2 aromatic heterocycles. The summed E-state index contributed by atoms with van der Waals surface area (Å²) in [5, 5.41) is 15.1. The van der Waals surface area contributed by atoms with Crippen LogP contribution >= 0.6 is 23.1 Å². The van der Waals surface area contributed by atoms with Gasteiger partial charge in [0, 0.05) is 23.2 Å². The summed E-state index contributed by atoms with van der Waals surface area (Å²) >= 11 is 2.71. The van der Waals surface area contributed by atoms with Gasteiger partial charge in [0.1, 0.15) is 11.1 Å². The first-order chi connectivity index (χ1) is 14.5. The quantitative estimate of drug-likeness (QED) is 0.488. The number of aryl methyl sites for hydroxylation is 1. The van der Waals surface area contributed by atoms with Crippen molar-refractivity contribution in [3.63, 3.8) is 0 Å². The van der Waals surface area contributed by atoms with Crippen molar-refractivity contribution >= 4 is 40.1 Å². The first-order valence-electron chi connectivity index (χ1n) is 9.94. The number of carbonyl (C=O) groups excluding carboxylic acids is 2. The molecule has 30 heavy (non-hydrogen) atoms. The number of amides is 1. The second-order valence-electron chi connectivity index (χ2n) is 7.18. The van der Waals surface area contributed by atoms with Crippen LogP contribution in [0.15, 0.2) is 16.5 Å². The van der Waals surface area contributed by atoms with E-state index in [1.54, 1.807) is 12.3 Å². The maximum absolute atomic E-state index is 12.2. The van der Waals surface area contributed by atoms with E-state index in [0.717, 1.165) is 25.0 Å². The summed E-state index contributed by atoms with van der Waals surface area (Å²) in [5.74, 6) is 0.642. The fourth-order valence-corrected chi connectivity index (χ4v) is 4.89. The van der Waals surface area contributed by atoms with Gasteiger partial charge in [-0.25, -0.2) is 9.97 Å². The maximum atomic E-state index is 12.2. The van der Waals surface area contributed by atoms with Crippen molar-refractivity contribution in [2.24, 2.45) is 5.92 Å². The Morgan fingerprint density at radius 2 is 2.27 bits per heavy atom. The van der Waals surface area contributed by atoms with Gasteiger partial charge in [0.25, 0.3) is 0 Å². The van der Waals surface area contributed by atoms with Crippen molar-refractivity contribution in [1.29, 1.82) is 5.26 Å². The fourth-order valence-electron chi connectivity index (χ4n) is 3.25. The van der Waals surface area contributed by atoms with Crippen molar-refractivity contribution in [2.75, 3.05) is 17.7 Å². The molecule has 0 bridgehead atoms. The molecule has 1 atom stereocenters. The highest BCUT2D eigenvalue weighted by molar-refractivity contribution is 7.99. The highest BCUT2D eigenvalue weighted by Gasteiger charge is 2.19. The van der Waals surface area contributed by atoms with E-state index in [1.165, 1.54) is 28.7 Å². The number of carbonyl (C=O) groups is 2. The topological polar surface area (TPSA) is 105 Å². The van der Waals surface area contributed by atoms with Crippen molar-refractivity contribution in [3.8, 4) is 6.07 Å². The Balaban J connectivity index is 1.51. The molecule has 9 heteroatoms. The van der Waals surface area contributed by atoms with Gasteiger partial charge in [0.2, 0.25) is 5.91 Å². The molecule has 0 aliphatic heterocycles. The van der Waals surface area contributed by atoms with Crippen LogP contribution in [-0.4, -0.2) is 34.2 Å². The van der Waals surface area contributed by atoms with Crippen molar-refractivity contribution in [1.82, 2.24) is 9.97 Å². The maximum Gasteiger partial charge on any atom is 0.311 e. The Hall–Kier alpha value is -2.44.